The molecule has 5 heteroatoms. The molecule has 3 aromatic rings. The van der Waals surface area contributed by atoms with Crippen LogP contribution in [0.2, 0.25) is 0 Å². The highest BCUT2D eigenvalue weighted by Gasteiger charge is 2.13. The Morgan fingerprint density at radius 2 is 2.09 bits per heavy atom. The van der Waals surface area contributed by atoms with E-state index >= 15 is 0 Å². The molecule has 0 unspecified atom stereocenters. The fraction of sp³-hybridized carbons (Fsp3) is 0.167. The first-order chi connectivity index (χ1) is 11.1. The molecule has 0 saturated heterocycles. The van der Waals surface area contributed by atoms with Crippen LogP contribution >= 0.6 is 0 Å². The van der Waals surface area contributed by atoms with Crippen molar-refractivity contribution in [1.82, 2.24) is 0 Å². The quantitative estimate of drug-likeness (QED) is 0.790. The molecule has 0 fully saturated rings. The second kappa shape index (κ2) is 6.12. The lowest BCUT2D eigenvalue weighted by Crippen LogP contribution is -2.15. The Bertz CT molecular complexity index is 870. The monoisotopic (exact) mass is 313 g/mol. The molecule has 0 aliphatic rings. The fourth-order valence-electron chi connectivity index (χ4n) is 2.42. The Balaban J connectivity index is 1.77. The van der Waals surface area contributed by atoms with Crippen LogP contribution in [0.3, 0.4) is 0 Å². The van der Waals surface area contributed by atoms with E-state index in [4.69, 9.17) is 9.15 Å². The number of ether oxygens (including phenoxy) is 1. The van der Waals surface area contributed by atoms with Gasteiger partial charge in [-0.25, -0.2) is 4.39 Å². The molecule has 0 radical (unpaired) electrons. The molecule has 0 saturated carbocycles. The Hall–Kier alpha value is -2.82. The maximum Gasteiger partial charge on any atom is 0.229 e. The summed E-state index contributed by atoms with van der Waals surface area (Å²) in [5.74, 6) is -0.0593. The number of benzene rings is 2. The molecule has 0 bridgehead atoms. The molecular weight excluding hydrogens is 297 g/mol. The van der Waals surface area contributed by atoms with Crippen LogP contribution in [0.4, 0.5) is 10.1 Å². The van der Waals surface area contributed by atoms with E-state index in [1.807, 2.05) is 6.07 Å². The number of fused-ring (bicyclic) bond motifs is 1. The molecule has 2 aromatic carbocycles. The van der Waals surface area contributed by atoms with Crippen LogP contribution in [0.5, 0.6) is 5.75 Å². The van der Waals surface area contributed by atoms with Crippen LogP contribution in [0.25, 0.3) is 11.0 Å². The number of hydrogen-bond acceptors (Lipinski definition) is 3. The zero-order chi connectivity index (χ0) is 16.4. The van der Waals surface area contributed by atoms with Crippen molar-refractivity contribution in [3.63, 3.8) is 0 Å². The van der Waals surface area contributed by atoms with E-state index in [0.29, 0.717) is 11.3 Å². The molecule has 0 atom stereocenters. The highest BCUT2D eigenvalue weighted by Crippen LogP contribution is 2.26. The topological polar surface area (TPSA) is 51.5 Å². The lowest BCUT2D eigenvalue weighted by Gasteiger charge is -2.06. The summed E-state index contributed by atoms with van der Waals surface area (Å²) in [6.07, 6.45) is 1.64. The second-order valence-electron chi connectivity index (χ2n) is 5.33. The van der Waals surface area contributed by atoms with Crippen molar-refractivity contribution < 1.29 is 18.3 Å². The van der Waals surface area contributed by atoms with Crippen molar-refractivity contribution in [2.75, 3.05) is 12.4 Å². The second-order valence-corrected chi connectivity index (χ2v) is 5.33. The third-order valence-electron chi connectivity index (χ3n) is 3.61. The van der Waals surface area contributed by atoms with Crippen LogP contribution in [-0.4, -0.2) is 13.0 Å². The average molecular weight is 313 g/mol. The van der Waals surface area contributed by atoms with Crippen LogP contribution in [-0.2, 0) is 11.2 Å². The summed E-state index contributed by atoms with van der Waals surface area (Å²) in [4.78, 5) is 12.1. The molecule has 23 heavy (non-hydrogen) atoms. The number of hydrogen-bond donors (Lipinski definition) is 1. The van der Waals surface area contributed by atoms with Crippen molar-refractivity contribution in [2.24, 2.45) is 0 Å². The Morgan fingerprint density at radius 1 is 1.26 bits per heavy atom. The number of carbonyl (C=O) groups excluding carboxylic acids is 1. The summed E-state index contributed by atoms with van der Waals surface area (Å²) in [6.45, 7) is 1.79. The number of halogens is 1. The largest absolute Gasteiger partial charge is 0.497 e. The van der Waals surface area contributed by atoms with Gasteiger partial charge < -0.3 is 14.5 Å². The Morgan fingerprint density at radius 3 is 2.83 bits per heavy atom. The number of anilines is 1. The molecule has 1 heterocycles. The molecule has 4 nitrogen and oxygen atoms in total. The Kier molecular flexibility index (Phi) is 4.02. The summed E-state index contributed by atoms with van der Waals surface area (Å²) in [5.41, 5.74) is 2.37. The maximum absolute atomic E-state index is 13.8. The number of furan rings is 1. The van der Waals surface area contributed by atoms with Gasteiger partial charge in [0.15, 0.2) is 0 Å². The predicted octanol–water partition coefficient (Wildman–Crippen LogP) is 4.07. The van der Waals surface area contributed by atoms with Crippen LogP contribution in [0, 0.1) is 12.7 Å². The van der Waals surface area contributed by atoms with Gasteiger partial charge in [0.1, 0.15) is 17.1 Å². The zero-order valence-corrected chi connectivity index (χ0v) is 12.9. The first kappa shape index (κ1) is 15.1. The Labute approximate surface area is 132 Å². The van der Waals surface area contributed by atoms with E-state index in [-0.39, 0.29) is 18.0 Å². The van der Waals surface area contributed by atoms with E-state index in [2.05, 4.69) is 5.32 Å². The molecule has 118 valence electrons. The van der Waals surface area contributed by atoms with Crippen LogP contribution in [0.1, 0.15) is 11.1 Å². The normalized spacial score (nSPS) is 10.7. The smallest absolute Gasteiger partial charge is 0.229 e. The van der Waals surface area contributed by atoms with E-state index in [1.54, 1.807) is 38.3 Å². The number of methoxy groups -OCH3 is 1. The number of carbonyl (C=O) groups is 1. The van der Waals surface area contributed by atoms with E-state index < -0.39 is 5.82 Å². The molecule has 0 spiro atoms. The van der Waals surface area contributed by atoms with E-state index in [0.717, 1.165) is 16.5 Å². The van der Waals surface area contributed by atoms with Gasteiger partial charge in [-0.3, -0.25) is 4.79 Å². The number of aryl methyl sites for hydroxylation is 1. The van der Waals surface area contributed by atoms with Gasteiger partial charge in [-0.05, 0) is 36.8 Å². The van der Waals surface area contributed by atoms with E-state index in [9.17, 15) is 9.18 Å². The summed E-state index contributed by atoms with van der Waals surface area (Å²) >= 11 is 0. The number of nitrogens with one attached hydrogen (secondary N) is 1. The van der Waals surface area contributed by atoms with Gasteiger partial charge in [0.2, 0.25) is 5.91 Å². The lowest BCUT2D eigenvalue weighted by molar-refractivity contribution is -0.115. The predicted molar refractivity (Wildman–Crippen MR) is 86.2 cm³/mol. The highest BCUT2D eigenvalue weighted by molar-refractivity contribution is 5.95. The van der Waals surface area contributed by atoms with E-state index in [1.165, 1.54) is 12.3 Å². The van der Waals surface area contributed by atoms with Crippen molar-refractivity contribution in [3.05, 3.63) is 59.6 Å². The summed E-state index contributed by atoms with van der Waals surface area (Å²) in [5, 5.41) is 3.42. The molecule has 1 aromatic heterocycles. The molecule has 3 rings (SSSR count). The van der Waals surface area contributed by atoms with Crippen molar-refractivity contribution in [1.29, 1.82) is 0 Å². The third-order valence-corrected chi connectivity index (χ3v) is 3.61. The lowest BCUT2D eigenvalue weighted by atomic mass is 10.1. The minimum Gasteiger partial charge on any atom is -0.497 e. The van der Waals surface area contributed by atoms with Gasteiger partial charge in [-0.1, -0.05) is 6.07 Å². The minimum atomic E-state index is -0.444. The van der Waals surface area contributed by atoms with Gasteiger partial charge in [-0.15, -0.1) is 0 Å². The average Bonchev–Trinajstić information content (AvgIpc) is 2.92. The van der Waals surface area contributed by atoms with Gasteiger partial charge >= 0.3 is 0 Å². The van der Waals surface area contributed by atoms with Gasteiger partial charge in [0.05, 0.1) is 25.5 Å². The SMILES string of the molecule is COc1ccc2c(CC(=O)Nc3ccc(C)cc3F)coc2c1. The van der Waals surface area contributed by atoms with Crippen molar-refractivity contribution in [2.45, 2.75) is 13.3 Å². The standard InChI is InChI=1S/C18H16FNO3/c1-11-3-6-16(15(19)7-11)20-18(21)8-12-10-23-17-9-13(22-2)4-5-14(12)17/h3-7,9-10H,8H2,1-2H3,(H,20,21). The number of rotatable bonds is 4. The molecule has 1 N–H and O–H groups in total. The van der Waals surface area contributed by atoms with Gasteiger partial charge in [0.25, 0.3) is 0 Å². The highest BCUT2D eigenvalue weighted by atomic mass is 19.1. The molecular formula is C18H16FNO3. The fourth-order valence-corrected chi connectivity index (χ4v) is 2.42. The molecule has 0 aliphatic heterocycles. The van der Waals surface area contributed by atoms with Crippen LogP contribution < -0.4 is 10.1 Å². The molecule has 0 aliphatic carbocycles. The van der Waals surface area contributed by atoms with Crippen molar-refractivity contribution >= 4 is 22.6 Å². The first-order valence-corrected chi connectivity index (χ1v) is 7.17. The van der Waals surface area contributed by atoms with Crippen molar-refractivity contribution in [3.8, 4) is 5.75 Å². The van der Waals surface area contributed by atoms with Crippen LogP contribution in [0.15, 0.2) is 47.1 Å². The summed E-state index contributed by atoms with van der Waals surface area (Å²) < 4.78 is 24.4. The summed E-state index contributed by atoms with van der Waals surface area (Å²) in [7, 11) is 1.58. The third kappa shape index (κ3) is 3.18. The molecule has 1 amide bonds. The maximum atomic E-state index is 13.8. The van der Waals surface area contributed by atoms with Gasteiger partial charge in [-0.2, -0.15) is 0 Å². The van der Waals surface area contributed by atoms with Gasteiger partial charge in [0, 0.05) is 17.0 Å². The first-order valence-electron chi connectivity index (χ1n) is 7.17. The zero-order valence-electron chi connectivity index (χ0n) is 12.9. The minimum absolute atomic E-state index is 0.104. The summed E-state index contributed by atoms with van der Waals surface area (Å²) in [6, 6.07) is 10.1. The number of amides is 1.